The number of thiazole rings is 1. The number of benzene rings is 4. The van der Waals surface area contributed by atoms with Crippen molar-refractivity contribution in [2.24, 2.45) is 0 Å². The zero-order chi connectivity index (χ0) is 33.3. The number of aromatic nitrogens is 1. The largest absolute Gasteiger partial charge is 0.321 e. The van der Waals surface area contributed by atoms with Crippen LogP contribution in [0.4, 0.5) is 10.8 Å². The molecule has 1 unspecified atom stereocenters. The maximum absolute atomic E-state index is 13.5. The molecule has 0 spiro atoms. The summed E-state index contributed by atoms with van der Waals surface area (Å²) in [5.74, 6) is -1.16. The minimum absolute atomic E-state index is 0.0349. The van der Waals surface area contributed by atoms with E-state index in [-0.39, 0.29) is 11.6 Å². The molecule has 3 N–H and O–H groups in total. The van der Waals surface area contributed by atoms with E-state index in [4.69, 9.17) is 34.8 Å². The normalized spacial score (nSPS) is 11.9. The second-order valence-corrected chi connectivity index (χ2v) is 13.5. The summed E-state index contributed by atoms with van der Waals surface area (Å²) < 4.78 is 0. The van der Waals surface area contributed by atoms with E-state index in [1.807, 2.05) is 18.4 Å². The predicted octanol–water partition coefficient (Wildman–Crippen LogP) is 9.69. The number of hydrogen-bond donors (Lipinski definition) is 3. The van der Waals surface area contributed by atoms with Crippen molar-refractivity contribution < 1.29 is 14.4 Å². The quantitative estimate of drug-likeness (QED) is 0.0932. The van der Waals surface area contributed by atoms with Crippen LogP contribution < -0.4 is 16.0 Å². The maximum Gasteiger partial charge on any atom is 0.272 e. The van der Waals surface area contributed by atoms with Gasteiger partial charge >= 0.3 is 0 Å². The highest BCUT2D eigenvalue weighted by Gasteiger charge is 2.21. The van der Waals surface area contributed by atoms with Crippen LogP contribution >= 0.6 is 57.9 Å². The molecule has 5 aromatic rings. The second-order valence-electron chi connectivity index (χ2n) is 10.1. The third-order valence-electron chi connectivity index (χ3n) is 6.66. The smallest absolute Gasteiger partial charge is 0.272 e. The summed E-state index contributed by atoms with van der Waals surface area (Å²) in [7, 11) is 0. The Hall–Kier alpha value is -4.12. The Labute approximate surface area is 295 Å². The van der Waals surface area contributed by atoms with Gasteiger partial charge in [0.15, 0.2) is 5.13 Å². The number of hydrogen-bond acceptors (Lipinski definition) is 6. The van der Waals surface area contributed by atoms with E-state index in [1.54, 1.807) is 97.1 Å². The van der Waals surface area contributed by atoms with E-state index in [2.05, 4.69) is 20.9 Å². The molecule has 7 nitrogen and oxygen atoms in total. The first-order valence-corrected chi connectivity index (χ1v) is 17.2. The topological polar surface area (TPSA) is 100 Å². The molecule has 1 heterocycles. The highest BCUT2D eigenvalue weighted by atomic mass is 35.5. The van der Waals surface area contributed by atoms with Crippen molar-refractivity contribution in [3.05, 3.63) is 134 Å². The minimum Gasteiger partial charge on any atom is -0.321 e. The molecule has 238 valence electrons. The fraction of sp³-hybridized carbons (Fsp3) is 0.0857. The molecule has 0 bridgehead atoms. The summed E-state index contributed by atoms with van der Waals surface area (Å²) in [6.45, 7) is 1.92. The number of nitrogens with one attached hydrogen (secondary N) is 3. The van der Waals surface area contributed by atoms with Gasteiger partial charge in [0, 0.05) is 37.1 Å². The molecule has 1 atom stereocenters. The molecule has 47 heavy (non-hydrogen) atoms. The van der Waals surface area contributed by atoms with Gasteiger partial charge in [-0.3, -0.25) is 14.4 Å². The standard InChI is InChI=1S/C35H27Cl3N4O3S2/c1-2-31(34(45)42-35-41-30(20-46-35)27-15-14-24(37)18-28(27)38)47-26-13-7-12-25(19-26)39-33(44)29(17-21-8-6-11-23(36)16-21)40-32(43)22-9-4-3-5-10-22/h3-20,31H,2H2,1H3,(H,39,44)(H,40,43)(H,41,42,45)/b29-17-. The van der Waals surface area contributed by atoms with Crippen LogP contribution in [0.3, 0.4) is 0 Å². The van der Waals surface area contributed by atoms with Crippen LogP contribution in [0.15, 0.2) is 113 Å². The zero-order valence-corrected chi connectivity index (χ0v) is 28.7. The number of halogens is 3. The Morgan fingerprint density at radius 2 is 1.64 bits per heavy atom. The van der Waals surface area contributed by atoms with Gasteiger partial charge in [-0.25, -0.2) is 4.98 Å². The van der Waals surface area contributed by atoms with E-state index in [0.29, 0.717) is 49.1 Å². The van der Waals surface area contributed by atoms with Crippen molar-refractivity contribution in [1.29, 1.82) is 0 Å². The molecule has 0 fully saturated rings. The summed E-state index contributed by atoms with van der Waals surface area (Å²) in [6.07, 6.45) is 2.11. The van der Waals surface area contributed by atoms with Crippen LogP contribution in [-0.4, -0.2) is 28.0 Å². The fourth-order valence-corrected chi connectivity index (χ4v) is 6.81. The Morgan fingerprint density at radius 1 is 0.872 bits per heavy atom. The molecule has 0 aliphatic heterocycles. The molecule has 0 saturated carbocycles. The molecular weight excluding hydrogens is 695 g/mol. The Bertz CT molecular complexity index is 1950. The van der Waals surface area contributed by atoms with Crippen LogP contribution in [0.1, 0.15) is 29.3 Å². The van der Waals surface area contributed by atoms with Crippen LogP contribution in [0.25, 0.3) is 17.3 Å². The van der Waals surface area contributed by atoms with Crippen LogP contribution in [-0.2, 0) is 9.59 Å². The number of anilines is 2. The van der Waals surface area contributed by atoms with Crippen LogP contribution in [0.2, 0.25) is 15.1 Å². The number of rotatable bonds is 11. The van der Waals surface area contributed by atoms with Gasteiger partial charge in [0.2, 0.25) is 5.91 Å². The van der Waals surface area contributed by atoms with Crippen LogP contribution in [0.5, 0.6) is 0 Å². The number of carbonyl (C=O) groups is 3. The lowest BCUT2D eigenvalue weighted by molar-refractivity contribution is -0.116. The second kappa shape index (κ2) is 16.1. The predicted molar refractivity (Wildman–Crippen MR) is 195 cm³/mol. The lowest BCUT2D eigenvalue weighted by Crippen LogP contribution is -2.30. The van der Waals surface area contributed by atoms with E-state index in [1.165, 1.54) is 23.1 Å². The molecule has 4 aromatic carbocycles. The average Bonchev–Trinajstić information content (AvgIpc) is 3.51. The van der Waals surface area contributed by atoms with Gasteiger partial charge in [-0.1, -0.05) is 78.1 Å². The molecule has 0 radical (unpaired) electrons. The molecule has 0 aliphatic rings. The number of carbonyl (C=O) groups excluding carboxylic acids is 3. The van der Waals surface area contributed by atoms with Crippen molar-refractivity contribution >= 4 is 92.5 Å². The first-order chi connectivity index (χ1) is 22.7. The highest BCUT2D eigenvalue weighted by molar-refractivity contribution is 8.00. The van der Waals surface area contributed by atoms with Crippen molar-refractivity contribution in [2.75, 3.05) is 10.6 Å². The molecule has 0 saturated heterocycles. The van der Waals surface area contributed by atoms with Crippen LogP contribution in [0, 0.1) is 0 Å². The van der Waals surface area contributed by atoms with Gasteiger partial charge in [0.25, 0.3) is 11.8 Å². The molecule has 5 rings (SSSR count). The van der Waals surface area contributed by atoms with E-state index >= 15 is 0 Å². The summed E-state index contributed by atoms with van der Waals surface area (Å²) in [6, 6.07) is 27.9. The molecule has 0 aliphatic carbocycles. The van der Waals surface area contributed by atoms with Crippen molar-refractivity contribution in [3.8, 4) is 11.3 Å². The number of nitrogens with zero attached hydrogens (tertiary/aromatic N) is 1. The third kappa shape index (κ3) is 9.47. The van der Waals surface area contributed by atoms with Gasteiger partial charge in [0.05, 0.1) is 16.0 Å². The average molecular weight is 722 g/mol. The Morgan fingerprint density at radius 3 is 2.38 bits per heavy atom. The zero-order valence-electron chi connectivity index (χ0n) is 24.8. The third-order valence-corrected chi connectivity index (χ3v) is 9.56. The molecule has 1 aromatic heterocycles. The van der Waals surface area contributed by atoms with E-state index < -0.39 is 17.1 Å². The van der Waals surface area contributed by atoms with Gasteiger partial charge in [0.1, 0.15) is 5.70 Å². The van der Waals surface area contributed by atoms with E-state index in [9.17, 15) is 14.4 Å². The SMILES string of the molecule is CCC(Sc1cccc(NC(=O)/C(=C/c2cccc(Cl)c2)NC(=O)c2ccccc2)c1)C(=O)Nc1nc(-c2ccc(Cl)cc2Cl)cs1. The van der Waals surface area contributed by atoms with Crippen molar-refractivity contribution in [1.82, 2.24) is 10.3 Å². The summed E-state index contributed by atoms with van der Waals surface area (Å²) >= 11 is 21.2. The Balaban J connectivity index is 1.28. The number of amides is 3. The summed E-state index contributed by atoms with van der Waals surface area (Å²) in [4.78, 5) is 45.0. The first kappa shape index (κ1) is 34.2. The van der Waals surface area contributed by atoms with Gasteiger partial charge in [-0.2, -0.15) is 0 Å². The van der Waals surface area contributed by atoms with Gasteiger partial charge in [-0.15, -0.1) is 23.1 Å². The van der Waals surface area contributed by atoms with Crippen molar-refractivity contribution in [3.63, 3.8) is 0 Å². The summed E-state index contributed by atoms with van der Waals surface area (Å²) in [5, 5.41) is 11.8. The highest BCUT2D eigenvalue weighted by Crippen LogP contribution is 2.33. The molecule has 3 amide bonds. The maximum atomic E-state index is 13.5. The number of thioether (sulfide) groups is 1. The van der Waals surface area contributed by atoms with Gasteiger partial charge < -0.3 is 16.0 Å². The first-order valence-electron chi connectivity index (χ1n) is 14.3. The Kier molecular flexibility index (Phi) is 11.7. The van der Waals surface area contributed by atoms with E-state index in [0.717, 1.165) is 10.5 Å². The lowest BCUT2D eigenvalue weighted by atomic mass is 10.1. The summed E-state index contributed by atoms with van der Waals surface area (Å²) in [5.41, 5.74) is 2.93. The van der Waals surface area contributed by atoms with Crippen molar-refractivity contribution in [2.45, 2.75) is 23.5 Å². The van der Waals surface area contributed by atoms with Gasteiger partial charge in [-0.05, 0) is 78.7 Å². The monoisotopic (exact) mass is 720 g/mol. The molecule has 12 heteroatoms. The molecular formula is C35H27Cl3N4O3S2. The minimum atomic E-state index is -0.526. The fourth-order valence-electron chi connectivity index (χ4n) is 4.38. The lowest BCUT2D eigenvalue weighted by Gasteiger charge is -2.15.